The fraction of sp³-hybridized carbons (Fsp3) is 0.750. The third kappa shape index (κ3) is 3.73. The number of hydrogen-bond donors (Lipinski definition) is 0. The molecule has 6 aliphatic rings. The summed E-state index contributed by atoms with van der Waals surface area (Å²) in [5, 5.41) is 0. The largest absolute Gasteiger partial charge is 0.461 e. The molecule has 0 amide bonds. The van der Waals surface area contributed by atoms with Crippen molar-refractivity contribution in [3.05, 3.63) is 23.3 Å². The average Bonchev–Trinajstić information content (AvgIpc) is 3.51. The second kappa shape index (κ2) is 9.27. The predicted octanol–water partition coefficient (Wildman–Crippen LogP) is 4.49. The summed E-state index contributed by atoms with van der Waals surface area (Å²) in [5.74, 6) is 0.531. The molecule has 4 fully saturated rings. The number of rotatable bonds is 5. The number of allylic oxidation sites excluding steroid dienone is 1. The van der Waals surface area contributed by atoms with Crippen molar-refractivity contribution in [3.63, 3.8) is 0 Å². The van der Waals surface area contributed by atoms with Gasteiger partial charge in [0.05, 0.1) is 17.1 Å². The molecule has 2 heterocycles. The highest BCUT2D eigenvalue weighted by atomic mass is 16.7. The van der Waals surface area contributed by atoms with Crippen molar-refractivity contribution in [2.45, 2.75) is 104 Å². The van der Waals surface area contributed by atoms with E-state index in [1.165, 1.54) is 13.8 Å². The number of esters is 3. The standard InChI is InChI=1S/C32H42O8/c1-16-13-25(39-29(36)21(16)15-37-18(3)33)17(2)22-7-8-23-20-14-28-32(40-28)27(38-19(4)34)10-9-26(35)31(32,6)24(20)11-12-30(22,23)5/h9-10,17,20,22-25,27-28H,7-8,11-15H2,1-6H3/t17-,20-,22+,23-,24-,25+,27+,28+,30+,31-,32+/m0/s1. The summed E-state index contributed by atoms with van der Waals surface area (Å²) in [7, 11) is 0. The third-order valence-electron chi connectivity index (χ3n) is 12.1. The molecule has 0 unspecified atom stereocenters. The minimum Gasteiger partial charge on any atom is -0.461 e. The highest BCUT2D eigenvalue weighted by Crippen LogP contribution is 2.73. The number of hydrogen-bond acceptors (Lipinski definition) is 8. The summed E-state index contributed by atoms with van der Waals surface area (Å²) in [6, 6.07) is 0. The van der Waals surface area contributed by atoms with Crippen LogP contribution < -0.4 is 0 Å². The van der Waals surface area contributed by atoms with Gasteiger partial charge in [0.1, 0.15) is 18.3 Å². The zero-order chi connectivity index (χ0) is 28.8. The minimum absolute atomic E-state index is 0.0386. The molecule has 3 saturated carbocycles. The Kier molecular flexibility index (Phi) is 6.41. The Morgan fingerprint density at radius 1 is 1.10 bits per heavy atom. The first-order valence-electron chi connectivity index (χ1n) is 14.9. The van der Waals surface area contributed by atoms with Gasteiger partial charge in [-0.1, -0.05) is 19.4 Å². The number of carbonyl (C=O) groups is 4. The molecule has 6 rings (SSSR count). The lowest BCUT2D eigenvalue weighted by Crippen LogP contribution is -2.64. The van der Waals surface area contributed by atoms with Gasteiger partial charge in [-0.15, -0.1) is 0 Å². The van der Waals surface area contributed by atoms with Crippen molar-refractivity contribution in [2.24, 2.45) is 40.4 Å². The first kappa shape index (κ1) is 27.7. The fourth-order valence-electron chi connectivity index (χ4n) is 10.1. The predicted molar refractivity (Wildman–Crippen MR) is 144 cm³/mol. The maximum atomic E-state index is 13.6. The molecule has 40 heavy (non-hydrogen) atoms. The van der Waals surface area contributed by atoms with Gasteiger partial charge in [-0.3, -0.25) is 14.4 Å². The summed E-state index contributed by atoms with van der Waals surface area (Å²) in [6.45, 7) is 11.4. The molecule has 2 aliphatic heterocycles. The quantitative estimate of drug-likeness (QED) is 0.278. The van der Waals surface area contributed by atoms with Crippen LogP contribution in [0.1, 0.15) is 80.1 Å². The number of epoxide rings is 1. The van der Waals surface area contributed by atoms with Gasteiger partial charge >= 0.3 is 17.9 Å². The van der Waals surface area contributed by atoms with Gasteiger partial charge < -0.3 is 18.9 Å². The Labute approximate surface area is 236 Å². The Hall–Kier alpha value is -2.48. The second-order valence-corrected chi connectivity index (χ2v) is 13.7. The van der Waals surface area contributed by atoms with E-state index in [-0.39, 0.29) is 53.8 Å². The van der Waals surface area contributed by atoms with Crippen LogP contribution in [-0.2, 0) is 38.1 Å². The van der Waals surface area contributed by atoms with Gasteiger partial charge in [-0.05, 0) is 93.1 Å². The fourth-order valence-corrected chi connectivity index (χ4v) is 10.1. The van der Waals surface area contributed by atoms with E-state index >= 15 is 0 Å². The van der Waals surface area contributed by atoms with E-state index in [1.54, 1.807) is 12.2 Å². The van der Waals surface area contributed by atoms with E-state index in [9.17, 15) is 19.2 Å². The van der Waals surface area contributed by atoms with Crippen molar-refractivity contribution in [3.8, 4) is 0 Å². The maximum absolute atomic E-state index is 13.6. The van der Waals surface area contributed by atoms with E-state index < -0.39 is 23.1 Å². The van der Waals surface area contributed by atoms with Crippen LogP contribution in [-0.4, -0.2) is 54.2 Å². The topological polar surface area (TPSA) is 108 Å². The third-order valence-corrected chi connectivity index (χ3v) is 12.1. The molecule has 0 radical (unpaired) electrons. The Morgan fingerprint density at radius 3 is 2.52 bits per heavy atom. The smallest absolute Gasteiger partial charge is 0.337 e. The SMILES string of the molecule is CC(=O)OCC1=C(C)C[C@H]([C@@H](C)[C@H]2CC[C@H]3[C@@H]4C[C@H]5O[C@]56[C@H](OC(C)=O)C=CC(=O)[C@]6(C)[C@H]4CC[C@]23C)OC1=O. The number of carbonyl (C=O) groups excluding carboxylic acids is 4. The van der Waals surface area contributed by atoms with E-state index in [2.05, 4.69) is 20.8 Å². The van der Waals surface area contributed by atoms with Crippen molar-refractivity contribution < 1.29 is 38.1 Å². The molecule has 0 aromatic carbocycles. The highest BCUT2D eigenvalue weighted by molar-refractivity contribution is 5.98. The molecule has 0 N–H and O–H groups in total. The summed E-state index contributed by atoms with van der Waals surface area (Å²) < 4.78 is 23.2. The molecule has 4 aliphatic carbocycles. The highest BCUT2D eigenvalue weighted by Gasteiger charge is 2.81. The molecule has 218 valence electrons. The lowest BCUT2D eigenvalue weighted by Gasteiger charge is -2.58. The number of fused-ring (bicyclic) bond motifs is 4. The zero-order valence-corrected chi connectivity index (χ0v) is 24.5. The van der Waals surface area contributed by atoms with Crippen molar-refractivity contribution in [1.29, 1.82) is 0 Å². The maximum Gasteiger partial charge on any atom is 0.337 e. The molecule has 11 atom stereocenters. The van der Waals surface area contributed by atoms with Gasteiger partial charge in [0.15, 0.2) is 11.9 Å². The molecule has 1 spiro atoms. The number of cyclic esters (lactones) is 1. The minimum atomic E-state index is -0.741. The number of ketones is 1. The molecule has 0 bridgehead atoms. The van der Waals surface area contributed by atoms with Crippen LogP contribution in [0, 0.1) is 40.4 Å². The summed E-state index contributed by atoms with van der Waals surface area (Å²) in [6.07, 6.45) is 8.18. The van der Waals surface area contributed by atoms with Crippen LogP contribution in [0.5, 0.6) is 0 Å². The summed E-state index contributed by atoms with van der Waals surface area (Å²) in [4.78, 5) is 49.7. The summed E-state index contributed by atoms with van der Waals surface area (Å²) >= 11 is 0. The molecule has 0 aromatic heterocycles. The average molecular weight is 555 g/mol. The zero-order valence-electron chi connectivity index (χ0n) is 24.5. The van der Waals surface area contributed by atoms with E-state index in [4.69, 9.17) is 18.9 Å². The van der Waals surface area contributed by atoms with Crippen molar-refractivity contribution >= 4 is 23.7 Å². The molecule has 8 nitrogen and oxygen atoms in total. The Balaban J connectivity index is 1.22. The van der Waals surface area contributed by atoms with E-state index in [0.29, 0.717) is 29.7 Å². The molecule has 0 aromatic rings. The van der Waals surface area contributed by atoms with Crippen LogP contribution in [0.4, 0.5) is 0 Å². The number of ether oxygens (including phenoxy) is 4. The Bertz CT molecular complexity index is 1220. The van der Waals surface area contributed by atoms with Gasteiger partial charge in [0, 0.05) is 20.3 Å². The van der Waals surface area contributed by atoms with Gasteiger partial charge in [0.2, 0.25) is 0 Å². The van der Waals surface area contributed by atoms with E-state index in [0.717, 1.165) is 37.7 Å². The monoisotopic (exact) mass is 554 g/mol. The second-order valence-electron chi connectivity index (χ2n) is 13.7. The lowest BCUT2D eigenvalue weighted by atomic mass is 9.44. The van der Waals surface area contributed by atoms with Crippen molar-refractivity contribution in [2.75, 3.05) is 6.61 Å². The summed E-state index contributed by atoms with van der Waals surface area (Å²) in [5.41, 5.74) is 0.0214. The molecular formula is C32H42O8. The Morgan fingerprint density at radius 2 is 1.85 bits per heavy atom. The van der Waals surface area contributed by atoms with Crippen molar-refractivity contribution in [1.82, 2.24) is 0 Å². The van der Waals surface area contributed by atoms with Gasteiger partial charge in [0.25, 0.3) is 0 Å². The first-order valence-corrected chi connectivity index (χ1v) is 14.9. The first-order chi connectivity index (χ1) is 18.8. The molecule has 1 saturated heterocycles. The lowest BCUT2D eigenvalue weighted by molar-refractivity contribution is -0.166. The van der Waals surface area contributed by atoms with Crippen LogP contribution >= 0.6 is 0 Å². The van der Waals surface area contributed by atoms with Crippen LogP contribution in [0.2, 0.25) is 0 Å². The van der Waals surface area contributed by atoms with Gasteiger partial charge in [-0.2, -0.15) is 0 Å². The van der Waals surface area contributed by atoms with Gasteiger partial charge in [-0.25, -0.2) is 4.79 Å². The normalized spacial score (nSPS) is 45.9. The van der Waals surface area contributed by atoms with Crippen LogP contribution in [0.3, 0.4) is 0 Å². The van der Waals surface area contributed by atoms with Crippen LogP contribution in [0.15, 0.2) is 23.3 Å². The molecular weight excluding hydrogens is 512 g/mol. The van der Waals surface area contributed by atoms with E-state index in [1.807, 2.05) is 6.92 Å². The molecule has 8 heteroatoms. The van der Waals surface area contributed by atoms with Crippen LogP contribution in [0.25, 0.3) is 0 Å².